The van der Waals surface area contributed by atoms with Crippen LogP contribution in [0.5, 0.6) is 0 Å². The molecule has 0 spiro atoms. The number of aliphatic hydroxyl groups excluding tert-OH is 1. The fraction of sp³-hybridized carbons (Fsp3) is 0.900. The van der Waals surface area contributed by atoms with Gasteiger partial charge in [0.25, 0.3) is 0 Å². The summed E-state index contributed by atoms with van der Waals surface area (Å²) in [7, 11) is 1.51. The van der Waals surface area contributed by atoms with E-state index in [1.165, 1.54) is 7.11 Å². The Hall–Kier alpha value is -0.790. The topological polar surface area (TPSA) is 67.8 Å². The number of hydrogen-bond acceptors (Lipinski definition) is 5. The summed E-state index contributed by atoms with van der Waals surface area (Å²) in [5, 5.41) is 11.7. The van der Waals surface area contributed by atoms with Gasteiger partial charge in [-0.3, -0.25) is 0 Å². The molecule has 1 fully saturated rings. The highest BCUT2D eigenvalue weighted by atomic mass is 19.3. The maximum absolute atomic E-state index is 12.8. The second-order valence-electron chi connectivity index (χ2n) is 4.01. The largest absolute Gasteiger partial charge is 0.456 e. The summed E-state index contributed by atoms with van der Waals surface area (Å²) in [5.74, 6) is -4.84. The van der Waals surface area contributed by atoms with Crippen LogP contribution in [0.2, 0.25) is 0 Å². The van der Waals surface area contributed by atoms with Crippen LogP contribution in [-0.2, 0) is 14.3 Å². The number of ether oxygens (including phenoxy) is 2. The zero-order valence-corrected chi connectivity index (χ0v) is 9.62. The molecule has 0 aromatic carbocycles. The molecule has 0 bridgehead atoms. The minimum atomic E-state index is -3.37. The summed E-state index contributed by atoms with van der Waals surface area (Å²) in [6, 6.07) is -0.141. The number of methoxy groups -OCH3 is 1. The van der Waals surface area contributed by atoms with Crippen molar-refractivity contribution >= 4 is 5.97 Å². The van der Waals surface area contributed by atoms with E-state index in [-0.39, 0.29) is 19.2 Å². The maximum Gasteiger partial charge on any atom is 0.377 e. The van der Waals surface area contributed by atoms with E-state index in [0.29, 0.717) is 13.0 Å². The number of halogens is 2. The van der Waals surface area contributed by atoms with E-state index in [4.69, 9.17) is 9.84 Å². The number of carbonyl (C=O) groups excluding carboxylic acids is 1. The predicted molar refractivity (Wildman–Crippen MR) is 54.8 cm³/mol. The highest BCUT2D eigenvalue weighted by Gasteiger charge is 2.50. The Labute approximate surface area is 98.1 Å². The first kappa shape index (κ1) is 14.3. The third-order valence-electron chi connectivity index (χ3n) is 2.54. The molecule has 7 heteroatoms. The zero-order chi connectivity index (χ0) is 12.9. The van der Waals surface area contributed by atoms with Crippen LogP contribution in [0.15, 0.2) is 0 Å². The number of cyclic esters (lactones) is 1. The molecule has 0 saturated carbocycles. The first-order chi connectivity index (χ1) is 7.99. The van der Waals surface area contributed by atoms with Crippen LogP contribution in [0, 0.1) is 0 Å². The first-order valence-corrected chi connectivity index (χ1v) is 5.41. The third kappa shape index (κ3) is 4.18. The molecule has 1 heterocycles. The van der Waals surface area contributed by atoms with Crippen molar-refractivity contribution < 1.29 is 28.2 Å². The Morgan fingerprint density at radius 2 is 2.41 bits per heavy atom. The molecule has 1 saturated heterocycles. The van der Waals surface area contributed by atoms with Gasteiger partial charge in [-0.25, -0.2) is 4.79 Å². The van der Waals surface area contributed by atoms with Crippen molar-refractivity contribution in [3.63, 3.8) is 0 Å². The van der Waals surface area contributed by atoms with E-state index in [1.807, 2.05) is 0 Å². The molecule has 0 aromatic heterocycles. The van der Waals surface area contributed by atoms with E-state index in [2.05, 4.69) is 10.1 Å². The Bertz CT molecular complexity index is 257. The Balaban J connectivity index is 2.33. The van der Waals surface area contributed by atoms with E-state index < -0.39 is 24.4 Å². The Morgan fingerprint density at radius 3 is 2.88 bits per heavy atom. The molecule has 5 nitrogen and oxygen atoms in total. The van der Waals surface area contributed by atoms with Crippen molar-refractivity contribution in [2.45, 2.75) is 30.9 Å². The fourth-order valence-corrected chi connectivity index (χ4v) is 1.66. The lowest BCUT2D eigenvalue weighted by atomic mass is 10.1. The van der Waals surface area contributed by atoms with Crippen LogP contribution in [0.1, 0.15) is 12.8 Å². The second kappa shape index (κ2) is 6.23. The predicted octanol–water partition coefficient (Wildman–Crippen LogP) is -0.0758. The lowest BCUT2D eigenvalue weighted by Crippen LogP contribution is -2.39. The van der Waals surface area contributed by atoms with Gasteiger partial charge < -0.3 is 19.9 Å². The van der Waals surface area contributed by atoms with Gasteiger partial charge in [-0.05, 0) is 6.42 Å². The highest BCUT2D eigenvalue weighted by molar-refractivity contribution is 5.79. The lowest BCUT2D eigenvalue weighted by Gasteiger charge is -2.18. The van der Waals surface area contributed by atoms with E-state index in [0.717, 1.165) is 0 Å². The smallest absolute Gasteiger partial charge is 0.377 e. The molecular formula is C10H17F2NO4. The van der Waals surface area contributed by atoms with Gasteiger partial charge in [0.1, 0.15) is 6.10 Å². The van der Waals surface area contributed by atoms with Gasteiger partial charge in [-0.15, -0.1) is 0 Å². The monoisotopic (exact) mass is 253 g/mol. The van der Waals surface area contributed by atoms with Crippen molar-refractivity contribution in [1.29, 1.82) is 0 Å². The van der Waals surface area contributed by atoms with E-state index >= 15 is 0 Å². The number of aliphatic hydroxyl groups is 1. The molecule has 0 amide bonds. The molecule has 17 heavy (non-hydrogen) atoms. The summed E-state index contributed by atoms with van der Waals surface area (Å²) >= 11 is 0. The highest BCUT2D eigenvalue weighted by Crippen LogP contribution is 2.30. The van der Waals surface area contributed by atoms with Crippen molar-refractivity contribution in [3.8, 4) is 0 Å². The minimum absolute atomic E-state index is 0.0262. The maximum atomic E-state index is 12.8. The minimum Gasteiger partial charge on any atom is -0.456 e. The van der Waals surface area contributed by atoms with Crippen LogP contribution in [0.3, 0.4) is 0 Å². The molecule has 1 aliphatic rings. The number of carbonyl (C=O) groups is 1. The first-order valence-electron chi connectivity index (χ1n) is 5.41. The number of alkyl halides is 2. The summed E-state index contributed by atoms with van der Waals surface area (Å²) in [6.45, 7) is 0.467. The lowest BCUT2D eigenvalue weighted by molar-refractivity contribution is -0.159. The van der Waals surface area contributed by atoms with Gasteiger partial charge in [0, 0.05) is 26.3 Å². The van der Waals surface area contributed by atoms with Crippen molar-refractivity contribution in [2.75, 3.05) is 26.9 Å². The van der Waals surface area contributed by atoms with Crippen molar-refractivity contribution in [1.82, 2.24) is 5.32 Å². The van der Waals surface area contributed by atoms with E-state index in [9.17, 15) is 13.6 Å². The molecule has 2 N–H and O–H groups in total. The van der Waals surface area contributed by atoms with Gasteiger partial charge in [-0.1, -0.05) is 0 Å². The Morgan fingerprint density at radius 1 is 1.71 bits per heavy atom. The Kier molecular flexibility index (Phi) is 5.23. The van der Waals surface area contributed by atoms with Crippen LogP contribution in [0.4, 0.5) is 8.78 Å². The summed E-state index contributed by atoms with van der Waals surface area (Å²) in [5.41, 5.74) is 0. The standard InChI is InChI=1S/C10H17F2NO4/c1-16-6-7(2-3-14)13-5-8-4-10(11,12)9(15)17-8/h7-8,13-14H,2-6H2,1H3. The number of nitrogens with one attached hydrogen (secondary N) is 1. The molecule has 0 aromatic rings. The molecule has 0 radical (unpaired) electrons. The van der Waals surface area contributed by atoms with Crippen molar-refractivity contribution in [3.05, 3.63) is 0 Å². The average molecular weight is 253 g/mol. The second-order valence-corrected chi connectivity index (χ2v) is 4.01. The average Bonchev–Trinajstić information content (AvgIpc) is 2.50. The quantitative estimate of drug-likeness (QED) is 0.621. The van der Waals surface area contributed by atoms with E-state index in [1.54, 1.807) is 0 Å². The zero-order valence-electron chi connectivity index (χ0n) is 9.62. The van der Waals surface area contributed by atoms with Gasteiger partial charge >= 0.3 is 11.9 Å². The van der Waals surface area contributed by atoms with Gasteiger partial charge in [-0.2, -0.15) is 8.78 Å². The van der Waals surface area contributed by atoms with Crippen LogP contribution in [0.25, 0.3) is 0 Å². The summed E-state index contributed by atoms with van der Waals surface area (Å²) < 4.78 is 35.1. The molecule has 100 valence electrons. The van der Waals surface area contributed by atoms with Crippen LogP contribution in [-0.4, -0.2) is 56.0 Å². The van der Waals surface area contributed by atoms with Gasteiger partial charge in [0.05, 0.1) is 13.0 Å². The fourth-order valence-electron chi connectivity index (χ4n) is 1.66. The summed E-state index contributed by atoms with van der Waals surface area (Å²) in [6.07, 6.45) is -0.974. The summed E-state index contributed by atoms with van der Waals surface area (Å²) in [4.78, 5) is 10.7. The molecule has 2 atom stereocenters. The number of rotatable bonds is 7. The number of hydrogen-bond donors (Lipinski definition) is 2. The van der Waals surface area contributed by atoms with Gasteiger partial charge in [0.2, 0.25) is 0 Å². The SMILES string of the molecule is COCC(CCO)NCC1CC(F)(F)C(=O)O1. The number of esters is 1. The molecule has 0 aliphatic carbocycles. The van der Waals surface area contributed by atoms with Crippen LogP contribution < -0.4 is 5.32 Å². The normalized spacial score (nSPS) is 24.7. The molecular weight excluding hydrogens is 236 g/mol. The van der Waals surface area contributed by atoms with Crippen LogP contribution >= 0.6 is 0 Å². The third-order valence-corrected chi connectivity index (χ3v) is 2.54. The molecule has 2 unspecified atom stereocenters. The molecule has 1 rings (SSSR count). The van der Waals surface area contributed by atoms with Crippen molar-refractivity contribution in [2.24, 2.45) is 0 Å². The molecule has 1 aliphatic heterocycles. The van der Waals surface area contributed by atoms with Gasteiger partial charge in [0.15, 0.2) is 0 Å².